The molecule has 1 N–H and O–H groups in total. The Labute approximate surface area is 131 Å². The molecule has 0 saturated heterocycles. The van der Waals surface area contributed by atoms with Crippen LogP contribution in [-0.4, -0.2) is 23.4 Å². The monoisotopic (exact) mass is 307 g/mol. The minimum absolute atomic E-state index is 0.135. The lowest BCUT2D eigenvalue weighted by molar-refractivity contribution is 0.286. The van der Waals surface area contributed by atoms with Gasteiger partial charge in [0.25, 0.3) is 0 Å². The average molecular weight is 308 g/mol. The van der Waals surface area contributed by atoms with E-state index in [1.807, 2.05) is 42.1 Å². The number of ether oxygens (including phenoxy) is 1. The average Bonchev–Trinajstić information content (AvgIpc) is 2.86. The van der Waals surface area contributed by atoms with Gasteiger partial charge < -0.3 is 10.1 Å². The van der Waals surface area contributed by atoms with Crippen LogP contribution in [0.4, 0.5) is 0 Å². The zero-order valence-electron chi connectivity index (χ0n) is 12.6. The van der Waals surface area contributed by atoms with Crippen LogP contribution in [0.25, 0.3) is 0 Å². The summed E-state index contributed by atoms with van der Waals surface area (Å²) in [7, 11) is 1.94. The molecule has 0 aliphatic carbocycles. The fraction of sp³-hybridized carbons (Fsp3) is 0.438. The summed E-state index contributed by atoms with van der Waals surface area (Å²) in [5, 5.41) is 8.36. The Balaban J connectivity index is 1.98. The molecule has 0 aliphatic heterocycles. The Morgan fingerprint density at radius 1 is 1.33 bits per heavy atom. The zero-order chi connectivity index (χ0) is 15.1. The van der Waals surface area contributed by atoms with Crippen molar-refractivity contribution in [2.24, 2.45) is 0 Å². The molecule has 1 aromatic carbocycles. The van der Waals surface area contributed by atoms with Gasteiger partial charge in [-0.15, -0.1) is 0 Å². The molecule has 0 saturated carbocycles. The molecule has 114 valence electrons. The molecular weight excluding hydrogens is 286 g/mol. The summed E-state index contributed by atoms with van der Waals surface area (Å²) in [6, 6.07) is 9.98. The van der Waals surface area contributed by atoms with Gasteiger partial charge >= 0.3 is 0 Å². The summed E-state index contributed by atoms with van der Waals surface area (Å²) < 4.78 is 7.74. The third-order valence-electron chi connectivity index (χ3n) is 3.37. The summed E-state index contributed by atoms with van der Waals surface area (Å²) in [5.41, 5.74) is 1.04. The lowest BCUT2D eigenvalue weighted by Gasteiger charge is -2.19. The molecule has 0 aliphatic rings. The normalized spacial score (nSPS) is 12.3. The minimum Gasteiger partial charge on any atom is -0.494 e. The molecule has 21 heavy (non-hydrogen) atoms. The summed E-state index contributed by atoms with van der Waals surface area (Å²) in [6.45, 7) is 3.63. The Kier molecular flexibility index (Phi) is 6.08. The molecule has 0 spiro atoms. The van der Waals surface area contributed by atoms with Crippen LogP contribution in [0.2, 0.25) is 5.02 Å². The van der Waals surface area contributed by atoms with Crippen molar-refractivity contribution < 1.29 is 4.74 Å². The first-order chi connectivity index (χ1) is 10.3. The van der Waals surface area contributed by atoms with Crippen molar-refractivity contribution in [3.63, 3.8) is 0 Å². The SMILES string of the molecule is CCCn1ncc(Cl)c1C(CCOc1ccccc1)NC. The quantitative estimate of drug-likeness (QED) is 0.808. The molecule has 1 unspecified atom stereocenters. The third kappa shape index (κ3) is 4.22. The molecule has 0 radical (unpaired) electrons. The minimum atomic E-state index is 0.135. The number of aryl methyl sites for hydroxylation is 1. The van der Waals surface area contributed by atoms with E-state index < -0.39 is 0 Å². The first-order valence-corrected chi connectivity index (χ1v) is 7.70. The highest BCUT2D eigenvalue weighted by Gasteiger charge is 2.18. The number of hydrogen-bond acceptors (Lipinski definition) is 3. The van der Waals surface area contributed by atoms with Crippen LogP contribution in [0.3, 0.4) is 0 Å². The number of halogens is 1. The van der Waals surface area contributed by atoms with Crippen LogP contribution in [-0.2, 0) is 6.54 Å². The summed E-state index contributed by atoms with van der Waals surface area (Å²) in [6.07, 6.45) is 3.58. The van der Waals surface area contributed by atoms with E-state index in [-0.39, 0.29) is 6.04 Å². The van der Waals surface area contributed by atoms with E-state index in [1.165, 1.54) is 0 Å². The lowest BCUT2D eigenvalue weighted by atomic mass is 10.1. The van der Waals surface area contributed by atoms with Gasteiger partial charge in [0.15, 0.2) is 0 Å². The van der Waals surface area contributed by atoms with Crippen molar-refractivity contribution in [1.29, 1.82) is 0 Å². The predicted molar refractivity (Wildman–Crippen MR) is 85.9 cm³/mol. The highest BCUT2D eigenvalue weighted by Crippen LogP contribution is 2.25. The maximum atomic E-state index is 6.29. The van der Waals surface area contributed by atoms with Gasteiger partial charge in [-0.2, -0.15) is 5.10 Å². The third-order valence-corrected chi connectivity index (χ3v) is 3.66. The number of nitrogens with one attached hydrogen (secondary N) is 1. The first-order valence-electron chi connectivity index (χ1n) is 7.32. The van der Waals surface area contributed by atoms with Gasteiger partial charge in [0.2, 0.25) is 0 Å². The smallest absolute Gasteiger partial charge is 0.119 e. The van der Waals surface area contributed by atoms with Crippen LogP contribution in [0.15, 0.2) is 36.5 Å². The standard InChI is InChI=1S/C16H22ClN3O/c1-3-10-20-16(14(17)12-19-20)15(18-2)9-11-21-13-7-5-4-6-8-13/h4-8,12,15,18H,3,9-11H2,1-2H3. The molecule has 1 aromatic heterocycles. The van der Waals surface area contributed by atoms with Crippen molar-refractivity contribution in [1.82, 2.24) is 15.1 Å². The number of benzene rings is 1. The number of hydrogen-bond donors (Lipinski definition) is 1. The molecule has 2 aromatic rings. The molecule has 4 nitrogen and oxygen atoms in total. The predicted octanol–water partition coefficient (Wildman–Crippen LogP) is 3.68. The highest BCUT2D eigenvalue weighted by molar-refractivity contribution is 6.31. The molecule has 0 amide bonds. The second-order valence-corrected chi connectivity index (χ2v) is 5.30. The molecule has 1 atom stereocenters. The van der Waals surface area contributed by atoms with E-state index >= 15 is 0 Å². The number of para-hydroxylation sites is 1. The second-order valence-electron chi connectivity index (χ2n) is 4.89. The van der Waals surface area contributed by atoms with Gasteiger partial charge in [-0.3, -0.25) is 4.68 Å². The van der Waals surface area contributed by atoms with Gasteiger partial charge in [0.1, 0.15) is 5.75 Å². The Morgan fingerprint density at radius 3 is 2.76 bits per heavy atom. The maximum absolute atomic E-state index is 6.29. The summed E-state index contributed by atoms with van der Waals surface area (Å²) >= 11 is 6.29. The fourth-order valence-electron chi connectivity index (χ4n) is 2.34. The zero-order valence-corrected chi connectivity index (χ0v) is 13.3. The molecule has 0 fully saturated rings. The van der Waals surface area contributed by atoms with Crippen LogP contribution in [0.5, 0.6) is 5.75 Å². The summed E-state index contributed by atoms with van der Waals surface area (Å²) in [5.74, 6) is 0.889. The first kappa shape index (κ1) is 15.9. The van der Waals surface area contributed by atoms with E-state index in [9.17, 15) is 0 Å². The van der Waals surface area contributed by atoms with E-state index in [1.54, 1.807) is 6.20 Å². The second kappa shape index (κ2) is 8.05. The molecule has 5 heteroatoms. The van der Waals surface area contributed by atoms with Crippen LogP contribution >= 0.6 is 11.6 Å². The van der Waals surface area contributed by atoms with E-state index in [0.29, 0.717) is 11.6 Å². The highest BCUT2D eigenvalue weighted by atomic mass is 35.5. The number of nitrogens with zero attached hydrogens (tertiary/aromatic N) is 2. The Bertz CT molecular complexity index is 542. The van der Waals surface area contributed by atoms with Gasteiger partial charge in [-0.1, -0.05) is 36.7 Å². The van der Waals surface area contributed by atoms with Crippen molar-refractivity contribution in [2.75, 3.05) is 13.7 Å². The Morgan fingerprint density at radius 2 is 2.10 bits per heavy atom. The lowest BCUT2D eigenvalue weighted by Crippen LogP contribution is -2.23. The van der Waals surface area contributed by atoms with Gasteiger partial charge in [-0.25, -0.2) is 0 Å². The van der Waals surface area contributed by atoms with Crippen LogP contribution in [0.1, 0.15) is 31.5 Å². The van der Waals surface area contributed by atoms with Gasteiger partial charge in [-0.05, 0) is 25.6 Å². The number of rotatable bonds is 8. The van der Waals surface area contributed by atoms with Gasteiger partial charge in [0.05, 0.1) is 29.6 Å². The maximum Gasteiger partial charge on any atom is 0.119 e. The van der Waals surface area contributed by atoms with Crippen molar-refractivity contribution in [3.05, 3.63) is 47.2 Å². The topological polar surface area (TPSA) is 39.1 Å². The number of aromatic nitrogens is 2. The molecule has 1 heterocycles. The van der Waals surface area contributed by atoms with E-state index in [0.717, 1.165) is 30.8 Å². The Hall–Kier alpha value is -1.52. The van der Waals surface area contributed by atoms with Crippen LogP contribution < -0.4 is 10.1 Å². The van der Waals surface area contributed by atoms with Gasteiger partial charge in [0, 0.05) is 13.0 Å². The molecule has 2 rings (SSSR count). The molecule has 0 bridgehead atoms. The van der Waals surface area contributed by atoms with Crippen molar-refractivity contribution >= 4 is 11.6 Å². The van der Waals surface area contributed by atoms with Crippen LogP contribution in [0, 0.1) is 0 Å². The van der Waals surface area contributed by atoms with E-state index in [2.05, 4.69) is 17.3 Å². The van der Waals surface area contributed by atoms with Crippen molar-refractivity contribution in [3.8, 4) is 5.75 Å². The largest absolute Gasteiger partial charge is 0.494 e. The fourth-order valence-corrected chi connectivity index (χ4v) is 2.61. The van der Waals surface area contributed by atoms with E-state index in [4.69, 9.17) is 16.3 Å². The van der Waals surface area contributed by atoms with Crippen molar-refractivity contribution in [2.45, 2.75) is 32.4 Å². The summed E-state index contributed by atoms with van der Waals surface area (Å²) in [4.78, 5) is 0. The molecular formula is C16H22ClN3O.